The summed E-state index contributed by atoms with van der Waals surface area (Å²) in [6.45, 7) is -0.0549. The molecule has 0 saturated carbocycles. The highest BCUT2D eigenvalue weighted by Gasteiger charge is 2.43. The minimum atomic E-state index is -0.205. The first kappa shape index (κ1) is 16.3. The highest BCUT2D eigenvalue weighted by atomic mass is 19.1. The van der Waals surface area contributed by atoms with Crippen LogP contribution in [-0.2, 0) is 6.61 Å². The molecular weight excluding hydrogens is 317 g/mol. The van der Waals surface area contributed by atoms with Gasteiger partial charge in [-0.15, -0.1) is 0 Å². The minimum Gasteiger partial charge on any atom is -0.392 e. The number of aliphatic hydroxyl groups excluding tert-OH is 1. The lowest BCUT2D eigenvalue weighted by atomic mass is 9.84. The van der Waals surface area contributed by atoms with Crippen LogP contribution in [0.4, 0.5) is 4.39 Å². The maximum atomic E-state index is 13.2. The zero-order valence-corrected chi connectivity index (χ0v) is 14.1. The van der Waals surface area contributed by atoms with Crippen LogP contribution < -0.4 is 0 Å². The van der Waals surface area contributed by atoms with Crippen molar-refractivity contribution in [3.63, 3.8) is 0 Å². The van der Waals surface area contributed by atoms with E-state index in [0.717, 1.165) is 31.2 Å². The van der Waals surface area contributed by atoms with Gasteiger partial charge in [-0.05, 0) is 67.0 Å². The van der Waals surface area contributed by atoms with Crippen molar-refractivity contribution in [2.75, 3.05) is 0 Å². The van der Waals surface area contributed by atoms with Gasteiger partial charge >= 0.3 is 0 Å². The molecule has 0 aliphatic carbocycles. The van der Waals surface area contributed by atoms with Crippen molar-refractivity contribution in [1.82, 2.24) is 4.90 Å². The summed E-state index contributed by atoms with van der Waals surface area (Å²) in [6.07, 6.45) is 3.95. The molecule has 4 heteroatoms. The maximum absolute atomic E-state index is 13.2. The molecule has 4 rings (SSSR count). The lowest BCUT2D eigenvalue weighted by Crippen LogP contribution is -2.46. The van der Waals surface area contributed by atoms with Crippen LogP contribution in [0.2, 0.25) is 0 Å². The van der Waals surface area contributed by atoms with Crippen LogP contribution in [0.5, 0.6) is 0 Å². The van der Waals surface area contributed by atoms with Crippen molar-refractivity contribution >= 4 is 5.91 Å². The molecule has 3 nitrogen and oxygen atoms in total. The van der Waals surface area contributed by atoms with E-state index in [0.29, 0.717) is 11.5 Å². The molecule has 2 aromatic carbocycles. The van der Waals surface area contributed by atoms with E-state index in [1.807, 2.05) is 30.3 Å². The van der Waals surface area contributed by atoms with E-state index in [1.165, 1.54) is 17.7 Å². The molecule has 2 aliphatic rings. The Bertz CT molecular complexity index is 760. The smallest absolute Gasteiger partial charge is 0.254 e. The van der Waals surface area contributed by atoms with Crippen LogP contribution in [0, 0.1) is 5.82 Å². The van der Waals surface area contributed by atoms with E-state index in [-0.39, 0.29) is 30.4 Å². The SMILES string of the molecule is O=C(c1cccc(CO)c1)N1[C@@H]2CC[C@H]1CC(c1ccc(F)cc1)C2. The quantitative estimate of drug-likeness (QED) is 0.922. The molecule has 2 bridgehead atoms. The average molecular weight is 339 g/mol. The van der Waals surface area contributed by atoms with Gasteiger partial charge in [-0.2, -0.15) is 0 Å². The Balaban J connectivity index is 1.54. The number of rotatable bonds is 3. The van der Waals surface area contributed by atoms with Crippen molar-refractivity contribution in [2.45, 2.75) is 50.3 Å². The van der Waals surface area contributed by atoms with E-state index in [2.05, 4.69) is 4.90 Å². The number of hydrogen-bond acceptors (Lipinski definition) is 2. The molecule has 2 heterocycles. The second-order valence-corrected chi connectivity index (χ2v) is 7.18. The van der Waals surface area contributed by atoms with Crippen LogP contribution in [0.25, 0.3) is 0 Å². The molecule has 25 heavy (non-hydrogen) atoms. The van der Waals surface area contributed by atoms with E-state index in [1.54, 1.807) is 6.07 Å². The number of halogens is 1. The predicted molar refractivity (Wildman–Crippen MR) is 93.7 cm³/mol. The fourth-order valence-corrected chi connectivity index (χ4v) is 4.47. The van der Waals surface area contributed by atoms with Crippen molar-refractivity contribution < 1.29 is 14.3 Å². The highest BCUT2D eigenvalue weighted by molar-refractivity contribution is 5.95. The van der Waals surface area contributed by atoms with Crippen LogP contribution in [0.3, 0.4) is 0 Å². The molecule has 0 radical (unpaired) electrons. The number of hydrogen-bond donors (Lipinski definition) is 1. The molecular formula is C21H22FNO2. The number of nitrogens with zero attached hydrogens (tertiary/aromatic N) is 1. The van der Waals surface area contributed by atoms with Gasteiger partial charge in [-0.1, -0.05) is 24.3 Å². The Labute approximate surface area is 147 Å². The first-order chi connectivity index (χ1) is 12.2. The summed E-state index contributed by atoms with van der Waals surface area (Å²) < 4.78 is 13.2. The molecule has 1 unspecified atom stereocenters. The van der Waals surface area contributed by atoms with Crippen molar-refractivity contribution in [3.8, 4) is 0 Å². The maximum Gasteiger partial charge on any atom is 0.254 e. The normalized spacial score (nSPS) is 25.2. The van der Waals surface area contributed by atoms with Crippen LogP contribution in [-0.4, -0.2) is 28.0 Å². The van der Waals surface area contributed by atoms with Gasteiger partial charge in [0.25, 0.3) is 5.91 Å². The summed E-state index contributed by atoms with van der Waals surface area (Å²) in [7, 11) is 0. The van der Waals surface area contributed by atoms with Crippen molar-refractivity contribution in [3.05, 3.63) is 71.0 Å². The number of carbonyl (C=O) groups is 1. The Morgan fingerprint density at radius 3 is 2.40 bits per heavy atom. The molecule has 2 fully saturated rings. The Kier molecular flexibility index (Phi) is 4.30. The van der Waals surface area contributed by atoms with Gasteiger partial charge in [0.15, 0.2) is 0 Å². The van der Waals surface area contributed by atoms with Gasteiger partial charge in [-0.3, -0.25) is 4.79 Å². The van der Waals surface area contributed by atoms with Crippen LogP contribution >= 0.6 is 0 Å². The van der Waals surface area contributed by atoms with E-state index >= 15 is 0 Å². The molecule has 2 aliphatic heterocycles. The fourth-order valence-electron chi connectivity index (χ4n) is 4.47. The van der Waals surface area contributed by atoms with E-state index < -0.39 is 0 Å². The minimum absolute atomic E-state index is 0.0549. The molecule has 1 N–H and O–H groups in total. The monoisotopic (exact) mass is 339 g/mol. The van der Waals surface area contributed by atoms with Crippen molar-refractivity contribution in [2.24, 2.45) is 0 Å². The Morgan fingerprint density at radius 1 is 1.08 bits per heavy atom. The summed E-state index contributed by atoms with van der Waals surface area (Å²) in [5, 5.41) is 9.30. The zero-order valence-electron chi connectivity index (χ0n) is 14.1. The summed E-state index contributed by atoms with van der Waals surface area (Å²) in [5.74, 6) is 0.259. The largest absolute Gasteiger partial charge is 0.392 e. The zero-order chi connectivity index (χ0) is 17.4. The molecule has 3 atom stereocenters. The lowest BCUT2D eigenvalue weighted by Gasteiger charge is -2.39. The third-order valence-electron chi connectivity index (χ3n) is 5.67. The number of benzene rings is 2. The van der Waals surface area contributed by atoms with E-state index in [4.69, 9.17) is 0 Å². The second-order valence-electron chi connectivity index (χ2n) is 7.18. The van der Waals surface area contributed by atoms with Gasteiger partial charge in [0.05, 0.1) is 6.61 Å². The van der Waals surface area contributed by atoms with E-state index in [9.17, 15) is 14.3 Å². The first-order valence-electron chi connectivity index (χ1n) is 8.93. The molecule has 2 aromatic rings. The predicted octanol–water partition coefficient (Wildman–Crippen LogP) is 3.87. The lowest BCUT2D eigenvalue weighted by molar-refractivity contribution is 0.0571. The van der Waals surface area contributed by atoms with Crippen LogP contribution in [0.15, 0.2) is 48.5 Å². The molecule has 1 amide bonds. The molecule has 0 spiro atoms. The number of fused-ring (bicyclic) bond motifs is 2. The first-order valence-corrected chi connectivity index (χ1v) is 8.93. The number of carbonyl (C=O) groups excluding carboxylic acids is 1. The molecule has 130 valence electrons. The number of amides is 1. The summed E-state index contributed by atoms with van der Waals surface area (Å²) in [4.78, 5) is 15.1. The molecule has 2 saturated heterocycles. The molecule has 0 aromatic heterocycles. The fraction of sp³-hybridized carbons (Fsp3) is 0.381. The van der Waals surface area contributed by atoms with Crippen LogP contribution in [0.1, 0.15) is 53.1 Å². The van der Waals surface area contributed by atoms with Gasteiger partial charge in [-0.25, -0.2) is 4.39 Å². The summed E-state index contributed by atoms with van der Waals surface area (Å²) in [5.41, 5.74) is 2.59. The topological polar surface area (TPSA) is 40.5 Å². The highest BCUT2D eigenvalue weighted by Crippen LogP contribution is 2.43. The Hall–Kier alpha value is -2.20. The number of piperidine rings is 1. The average Bonchev–Trinajstić information content (AvgIpc) is 2.91. The second kappa shape index (κ2) is 6.60. The Morgan fingerprint density at radius 2 is 1.76 bits per heavy atom. The summed E-state index contributed by atoms with van der Waals surface area (Å²) >= 11 is 0. The summed E-state index contributed by atoms with van der Waals surface area (Å²) in [6, 6.07) is 14.6. The third kappa shape index (κ3) is 3.07. The third-order valence-corrected chi connectivity index (χ3v) is 5.67. The van der Waals surface area contributed by atoms with Crippen molar-refractivity contribution in [1.29, 1.82) is 0 Å². The van der Waals surface area contributed by atoms with Gasteiger partial charge in [0, 0.05) is 17.6 Å². The van der Waals surface area contributed by atoms with Gasteiger partial charge in [0.2, 0.25) is 0 Å². The van der Waals surface area contributed by atoms with Gasteiger partial charge in [0.1, 0.15) is 5.82 Å². The van der Waals surface area contributed by atoms with Gasteiger partial charge < -0.3 is 10.0 Å². The number of aliphatic hydroxyl groups is 1. The standard InChI is InChI=1S/C21H22FNO2/c22-18-6-4-15(5-7-18)17-11-19-8-9-20(12-17)23(19)21(25)16-3-1-2-14(10-16)13-24/h1-7,10,17,19-20,24H,8-9,11-13H2/t17?,19-,20+.